The molecule has 0 saturated carbocycles. The molecule has 2 aromatic rings. The lowest BCUT2D eigenvalue weighted by Gasteiger charge is -2.08. The highest BCUT2D eigenvalue weighted by Crippen LogP contribution is 2.39. The molecule has 2 N–H and O–H groups in total. The van der Waals surface area contributed by atoms with Crippen LogP contribution >= 0.6 is 7.60 Å². The molecule has 6 heteroatoms. The Morgan fingerprint density at radius 2 is 1.95 bits per heavy atom. The summed E-state index contributed by atoms with van der Waals surface area (Å²) in [5.41, 5.74) is 1.36. The Labute approximate surface area is 111 Å². The predicted molar refractivity (Wildman–Crippen MR) is 71.2 cm³/mol. The summed E-state index contributed by atoms with van der Waals surface area (Å²) < 4.78 is 16.5. The smallest absolute Gasteiger partial charge is 0.329 e. The lowest BCUT2D eigenvalue weighted by molar-refractivity contribution is 0.371. The number of hydrogen-bond donors (Lipinski definition) is 2. The van der Waals surface area contributed by atoms with Gasteiger partial charge in [0.1, 0.15) is 5.75 Å². The third kappa shape index (κ3) is 4.48. The molecule has 19 heavy (non-hydrogen) atoms. The molecule has 0 bridgehead atoms. The fourth-order valence-corrected chi connectivity index (χ4v) is 2.31. The van der Waals surface area contributed by atoms with Crippen molar-refractivity contribution >= 4 is 7.60 Å². The summed E-state index contributed by atoms with van der Waals surface area (Å²) in [5.74, 6) is 0.956. The lowest BCUT2D eigenvalue weighted by atomic mass is 10.2. The Morgan fingerprint density at radius 1 is 1.21 bits per heavy atom. The fourth-order valence-electron chi connectivity index (χ4n) is 1.64. The van der Waals surface area contributed by atoms with E-state index in [4.69, 9.17) is 14.5 Å². The van der Waals surface area contributed by atoms with E-state index in [-0.39, 0.29) is 6.16 Å². The van der Waals surface area contributed by atoms with Crippen LogP contribution in [0.4, 0.5) is 0 Å². The van der Waals surface area contributed by atoms with E-state index in [0.717, 1.165) is 5.69 Å². The lowest BCUT2D eigenvalue weighted by Crippen LogP contribution is -1.91. The Kier molecular flexibility index (Phi) is 4.00. The second kappa shape index (κ2) is 5.53. The van der Waals surface area contributed by atoms with E-state index >= 15 is 0 Å². The molecule has 2 rings (SSSR count). The van der Waals surface area contributed by atoms with Gasteiger partial charge in [0.15, 0.2) is 0 Å². The van der Waals surface area contributed by atoms with Crippen LogP contribution in [0.2, 0.25) is 0 Å². The number of rotatable bonds is 4. The Bertz CT molecular complexity index is 624. The molecule has 0 amide bonds. The van der Waals surface area contributed by atoms with Gasteiger partial charge < -0.3 is 14.5 Å². The monoisotopic (exact) mass is 279 g/mol. The molecule has 0 aliphatic carbocycles. The van der Waals surface area contributed by atoms with Gasteiger partial charge in [-0.15, -0.1) is 0 Å². The quantitative estimate of drug-likeness (QED) is 0.841. The van der Waals surface area contributed by atoms with Crippen LogP contribution in [-0.2, 0) is 10.7 Å². The van der Waals surface area contributed by atoms with Gasteiger partial charge in [-0.1, -0.05) is 18.2 Å². The van der Waals surface area contributed by atoms with Crippen LogP contribution in [0.5, 0.6) is 11.6 Å². The minimum absolute atomic E-state index is 0.300. The second-order valence-electron chi connectivity index (χ2n) is 4.19. The first-order chi connectivity index (χ1) is 8.92. The molecule has 0 fully saturated rings. The average Bonchev–Trinajstić information content (AvgIpc) is 2.27. The van der Waals surface area contributed by atoms with Crippen LogP contribution in [0.25, 0.3) is 0 Å². The van der Waals surface area contributed by atoms with Crippen molar-refractivity contribution in [3.8, 4) is 11.6 Å². The number of aromatic nitrogens is 1. The second-order valence-corrected chi connectivity index (χ2v) is 5.84. The maximum atomic E-state index is 11.0. The molecule has 100 valence electrons. The summed E-state index contributed by atoms with van der Waals surface area (Å²) >= 11 is 0. The SMILES string of the molecule is Cc1cccc(Oc2cccc(CP(=O)(O)O)c2)n1. The summed E-state index contributed by atoms with van der Waals surface area (Å²) in [7, 11) is -4.07. The first kappa shape index (κ1) is 13.7. The first-order valence-electron chi connectivity index (χ1n) is 5.67. The van der Waals surface area contributed by atoms with Crippen LogP contribution in [0, 0.1) is 6.92 Å². The van der Waals surface area contributed by atoms with Crippen molar-refractivity contribution in [3.63, 3.8) is 0 Å². The molecule has 0 aliphatic rings. The zero-order valence-electron chi connectivity index (χ0n) is 10.4. The first-order valence-corrected chi connectivity index (χ1v) is 7.47. The van der Waals surface area contributed by atoms with Crippen molar-refractivity contribution in [1.82, 2.24) is 4.98 Å². The van der Waals surface area contributed by atoms with Crippen LogP contribution < -0.4 is 4.74 Å². The van der Waals surface area contributed by atoms with Crippen molar-refractivity contribution < 1.29 is 19.1 Å². The predicted octanol–water partition coefficient (Wildman–Crippen LogP) is 2.86. The molecule has 0 radical (unpaired) electrons. The van der Waals surface area contributed by atoms with Gasteiger partial charge in [-0.3, -0.25) is 4.57 Å². The minimum Gasteiger partial charge on any atom is -0.439 e. The van der Waals surface area contributed by atoms with Crippen LogP contribution in [0.3, 0.4) is 0 Å². The maximum Gasteiger partial charge on any atom is 0.329 e. The van der Waals surface area contributed by atoms with E-state index in [9.17, 15) is 4.57 Å². The number of aryl methyl sites for hydroxylation is 1. The summed E-state index contributed by atoms with van der Waals surface area (Å²) in [4.78, 5) is 22.1. The number of nitrogens with zero attached hydrogens (tertiary/aromatic N) is 1. The van der Waals surface area contributed by atoms with Gasteiger partial charge in [0, 0.05) is 11.8 Å². The largest absolute Gasteiger partial charge is 0.439 e. The molecule has 1 aromatic heterocycles. The van der Waals surface area contributed by atoms with E-state index in [0.29, 0.717) is 17.2 Å². The van der Waals surface area contributed by atoms with Crippen molar-refractivity contribution in [2.45, 2.75) is 13.1 Å². The fraction of sp³-hybridized carbons (Fsp3) is 0.154. The third-order valence-corrected chi connectivity index (χ3v) is 3.15. The van der Waals surface area contributed by atoms with Crippen molar-refractivity contribution in [1.29, 1.82) is 0 Å². The van der Waals surface area contributed by atoms with E-state index in [2.05, 4.69) is 4.98 Å². The molecule has 1 heterocycles. The third-order valence-electron chi connectivity index (χ3n) is 2.37. The highest BCUT2D eigenvalue weighted by molar-refractivity contribution is 7.50. The van der Waals surface area contributed by atoms with Crippen LogP contribution in [0.15, 0.2) is 42.5 Å². The summed E-state index contributed by atoms with van der Waals surface area (Å²) in [6.07, 6.45) is -0.300. The molecule has 1 aromatic carbocycles. The number of ether oxygens (including phenoxy) is 1. The molecule has 0 spiro atoms. The molecular weight excluding hydrogens is 265 g/mol. The summed E-state index contributed by atoms with van der Waals surface area (Å²) in [6.45, 7) is 1.86. The van der Waals surface area contributed by atoms with Crippen molar-refractivity contribution in [3.05, 3.63) is 53.7 Å². The van der Waals surface area contributed by atoms with E-state index in [1.54, 1.807) is 30.3 Å². The van der Waals surface area contributed by atoms with E-state index in [1.165, 1.54) is 0 Å². The molecule has 0 aliphatic heterocycles. The van der Waals surface area contributed by atoms with Gasteiger partial charge in [-0.25, -0.2) is 4.98 Å². The topological polar surface area (TPSA) is 79.7 Å². The average molecular weight is 279 g/mol. The highest BCUT2D eigenvalue weighted by Gasteiger charge is 2.14. The number of pyridine rings is 1. The highest BCUT2D eigenvalue weighted by atomic mass is 31.2. The van der Waals surface area contributed by atoms with Crippen LogP contribution in [-0.4, -0.2) is 14.8 Å². The van der Waals surface area contributed by atoms with Crippen molar-refractivity contribution in [2.75, 3.05) is 0 Å². The zero-order valence-corrected chi connectivity index (χ0v) is 11.2. The van der Waals surface area contributed by atoms with Gasteiger partial charge in [-0.2, -0.15) is 0 Å². The normalized spacial score (nSPS) is 11.3. The standard InChI is InChI=1S/C13H14NO4P/c1-10-4-2-7-13(14-10)18-12-6-3-5-11(8-12)9-19(15,16)17/h2-8H,9H2,1H3,(H2,15,16,17). The van der Waals surface area contributed by atoms with E-state index in [1.807, 2.05) is 19.1 Å². The number of hydrogen-bond acceptors (Lipinski definition) is 3. The van der Waals surface area contributed by atoms with Gasteiger partial charge >= 0.3 is 7.60 Å². The Balaban J connectivity index is 2.17. The molecule has 0 atom stereocenters. The summed E-state index contributed by atoms with van der Waals surface area (Å²) in [5, 5.41) is 0. The Morgan fingerprint density at radius 3 is 2.63 bits per heavy atom. The minimum atomic E-state index is -4.07. The van der Waals surface area contributed by atoms with Crippen molar-refractivity contribution in [2.24, 2.45) is 0 Å². The molecule has 5 nitrogen and oxygen atoms in total. The maximum absolute atomic E-state index is 11.0. The van der Waals surface area contributed by atoms with Gasteiger partial charge in [-0.05, 0) is 30.7 Å². The van der Waals surface area contributed by atoms with Gasteiger partial charge in [0.25, 0.3) is 0 Å². The Hall–Kier alpha value is -1.68. The molecule has 0 saturated heterocycles. The van der Waals surface area contributed by atoms with Gasteiger partial charge in [0.05, 0.1) is 6.16 Å². The van der Waals surface area contributed by atoms with Gasteiger partial charge in [0.2, 0.25) is 5.88 Å². The molecular formula is C13H14NO4P. The molecule has 0 unspecified atom stereocenters. The van der Waals surface area contributed by atoms with E-state index < -0.39 is 7.60 Å². The van der Waals surface area contributed by atoms with Crippen LogP contribution in [0.1, 0.15) is 11.3 Å². The summed E-state index contributed by atoms with van der Waals surface area (Å²) in [6, 6.07) is 12.1. The zero-order chi connectivity index (χ0) is 13.9. The number of benzene rings is 1.